The van der Waals surface area contributed by atoms with E-state index in [1.54, 1.807) is 37.3 Å². The zero-order valence-corrected chi connectivity index (χ0v) is 20.2. The Kier molecular flexibility index (Phi) is 8.50. The lowest BCUT2D eigenvalue weighted by Gasteiger charge is -2.19. The lowest BCUT2D eigenvalue weighted by atomic mass is 10.0. The molecule has 0 aliphatic heterocycles. The van der Waals surface area contributed by atoms with Gasteiger partial charge in [-0.1, -0.05) is 35.3 Å². The third-order valence-electron chi connectivity index (χ3n) is 5.13. The molecule has 35 heavy (non-hydrogen) atoms. The molecule has 11 heteroatoms. The van der Waals surface area contributed by atoms with Gasteiger partial charge in [-0.3, -0.25) is 4.79 Å². The molecule has 0 fully saturated rings. The number of hydrogen-bond acceptors (Lipinski definition) is 7. The van der Waals surface area contributed by atoms with Crippen LogP contribution in [0.5, 0.6) is 5.75 Å². The minimum atomic E-state index is -1.17. The van der Waals surface area contributed by atoms with Gasteiger partial charge in [0.1, 0.15) is 11.9 Å². The lowest BCUT2D eigenvalue weighted by molar-refractivity contribution is -0.143. The van der Waals surface area contributed by atoms with E-state index < -0.39 is 36.4 Å². The van der Waals surface area contributed by atoms with Crippen LogP contribution in [0.3, 0.4) is 0 Å². The SMILES string of the molecule is COC(=O)[C@H](CO)NC(=O)c1ccc(-c2cnc(N)c(OC(C)c3c(Cl)ccc(F)c3Cl)c2)cc1. The molecule has 3 aromatic rings. The molecule has 4 N–H and O–H groups in total. The van der Waals surface area contributed by atoms with Crippen molar-refractivity contribution in [2.45, 2.75) is 19.1 Å². The Hall–Kier alpha value is -3.40. The van der Waals surface area contributed by atoms with E-state index in [4.69, 9.17) is 33.7 Å². The van der Waals surface area contributed by atoms with Gasteiger partial charge in [-0.15, -0.1) is 0 Å². The molecule has 2 aromatic carbocycles. The quantitative estimate of drug-likeness (QED) is 0.300. The molecule has 0 saturated heterocycles. The molecular weight excluding hydrogens is 500 g/mol. The first-order valence-corrected chi connectivity index (χ1v) is 11.1. The van der Waals surface area contributed by atoms with Crippen LogP contribution in [0, 0.1) is 5.82 Å². The number of esters is 1. The minimum absolute atomic E-state index is 0.109. The smallest absolute Gasteiger partial charge is 0.330 e. The van der Waals surface area contributed by atoms with Crippen LogP contribution < -0.4 is 15.8 Å². The van der Waals surface area contributed by atoms with Crippen molar-refractivity contribution in [2.24, 2.45) is 0 Å². The Bertz CT molecular complexity index is 1240. The number of aliphatic hydroxyl groups is 1. The first-order valence-electron chi connectivity index (χ1n) is 10.3. The molecule has 3 rings (SSSR count). The van der Waals surface area contributed by atoms with Gasteiger partial charge in [0.2, 0.25) is 0 Å². The predicted octanol–water partition coefficient (Wildman–Crippen LogP) is 4.18. The fourth-order valence-electron chi connectivity index (χ4n) is 3.25. The Balaban J connectivity index is 1.80. The van der Waals surface area contributed by atoms with Gasteiger partial charge in [0, 0.05) is 27.9 Å². The molecule has 0 aliphatic carbocycles. The highest BCUT2D eigenvalue weighted by Gasteiger charge is 2.22. The van der Waals surface area contributed by atoms with Crippen molar-refractivity contribution in [3.05, 3.63) is 75.7 Å². The van der Waals surface area contributed by atoms with E-state index in [2.05, 4.69) is 15.0 Å². The molecule has 1 unspecified atom stereocenters. The van der Waals surface area contributed by atoms with Crippen LogP contribution in [0.25, 0.3) is 11.1 Å². The summed E-state index contributed by atoms with van der Waals surface area (Å²) in [5.41, 5.74) is 7.84. The summed E-state index contributed by atoms with van der Waals surface area (Å²) in [5, 5.41) is 11.8. The van der Waals surface area contributed by atoms with Gasteiger partial charge in [0.25, 0.3) is 5.91 Å². The molecule has 8 nitrogen and oxygen atoms in total. The van der Waals surface area contributed by atoms with E-state index in [1.807, 2.05) is 0 Å². The van der Waals surface area contributed by atoms with E-state index in [1.165, 1.54) is 18.3 Å². The first-order chi connectivity index (χ1) is 16.7. The van der Waals surface area contributed by atoms with E-state index in [0.29, 0.717) is 11.1 Å². The van der Waals surface area contributed by atoms with Crippen LogP contribution in [0.4, 0.5) is 10.2 Å². The largest absolute Gasteiger partial charge is 0.482 e. The number of carbonyl (C=O) groups excluding carboxylic acids is 2. The highest BCUT2D eigenvalue weighted by molar-refractivity contribution is 6.36. The molecule has 2 atom stereocenters. The number of aromatic nitrogens is 1. The second-order valence-corrected chi connectivity index (χ2v) is 8.22. The average molecular weight is 522 g/mol. The minimum Gasteiger partial charge on any atom is -0.482 e. The molecule has 0 radical (unpaired) electrons. The second kappa shape index (κ2) is 11.4. The van der Waals surface area contributed by atoms with Gasteiger partial charge < -0.3 is 25.6 Å². The van der Waals surface area contributed by atoms with Gasteiger partial charge in [-0.05, 0) is 42.8 Å². The predicted molar refractivity (Wildman–Crippen MR) is 130 cm³/mol. The highest BCUT2D eigenvalue weighted by Crippen LogP contribution is 2.37. The summed E-state index contributed by atoms with van der Waals surface area (Å²) in [6.07, 6.45) is 0.800. The maximum Gasteiger partial charge on any atom is 0.330 e. The van der Waals surface area contributed by atoms with Crippen LogP contribution in [0.2, 0.25) is 10.0 Å². The molecule has 1 heterocycles. The molecule has 0 aliphatic rings. The first kappa shape index (κ1) is 26.2. The lowest BCUT2D eigenvalue weighted by Crippen LogP contribution is -2.44. The highest BCUT2D eigenvalue weighted by atomic mass is 35.5. The number of nitrogens with two attached hydrogens (primary N) is 1. The molecular formula is C24H22Cl2FN3O5. The van der Waals surface area contributed by atoms with Crippen LogP contribution in [0.1, 0.15) is 28.9 Å². The normalized spacial score (nSPS) is 12.5. The molecule has 184 valence electrons. The van der Waals surface area contributed by atoms with Gasteiger partial charge in [0.05, 0.1) is 18.7 Å². The third-order valence-corrected chi connectivity index (χ3v) is 5.84. The van der Waals surface area contributed by atoms with Gasteiger partial charge in [-0.2, -0.15) is 0 Å². The Morgan fingerprint density at radius 2 is 1.86 bits per heavy atom. The van der Waals surface area contributed by atoms with Gasteiger partial charge in [-0.25, -0.2) is 14.2 Å². The molecule has 0 bridgehead atoms. The number of ether oxygens (including phenoxy) is 2. The average Bonchev–Trinajstić information content (AvgIpc) is 2.85. The number of anilines is 1. The summed E-state index contributed by atoms with van der Waals surface area (Å²) < 4.78 is 24.4. The van der Waals surface area contributed by atoms with E-state index in [9.17, 15) is 19.1 Å². The van der Waals surface area contributed by atoms with Gasteiger partial charge >= 0.3 is 5.97 Å². The topological polar surface area (TPSA) is 124 Å². The molecule has 0 spiro atoms. The Morgan fingerprint density at radius 1 is 1.17 bits per heavy atom. The van der Waals surface area contributed by atoms with E-state index in [0.717, 1.165) is 7.11 Å². The maximum absolute atomic E-state index is 13.9. The molecule has 1 amide bonds. The number of amides is 1. The van der Waals surface area contributed by atoms with Crippen molar-refractivity contribution in [1.29, 1.82) is 0 Å². The van der Waals surface area contributed by atoms with Crippen molar-refractivity contribution < 1.29 is 28.6 Å². The number of halogens is 3. The Labute approximate surface area is 210 Å². The summed E-state index contributed by atoms with van der Waals surface area (Å²) in [6.45, 7) is 1.06. The van der Waals surface area contributed by atoms with E-state index in [-0.39, 0.29) is 32.7 Å². The number of nitrogens with one attached hydrogen (secondary N) is 1. The third kappa shape index (κ3) is 6.00. The summed E-state index contributed by atoms with van der Waals surface area (Å²) in [5.74, 6) is -1.59. The van der Waals surface area contributed by atoms with E-state index >= 15 is 0 Å². The fraction of sp³-hybridized carbons (Fsp3) is 0.208. The van der Waals surface area contributed by atoms with Crippen LogP contribution >= 0.6 is 23.2 Å². The standard InChI is InChI=1S/C24H22Cl2FN3O5/c1-12(20-16(25)7-8-17(27)21(20)26)35-19-9-15(10-29-22(19)28)13-3-5-14(6-4-13)23(32)30-18(11-31)24(33)34-2/h3-10,12,18,31H,11H2,1-2H3,(H2,28,29)(H,30,32)/t12?,18-/m0/s1. The summed E-state index contributed by atoms with van der Waals surface area (Å²) >= 11 is 12.3. The van der Waals surface area contributed by atoms with Crippen molar-refractivity contribution >= 4 is 40.9 Å². The van der Waals surface area contributed by atoms with Crippen LogP contribution in [0.15, 0.2) is 48.7 Å². The van der Waals surface area contributed by atoms with Crippen molar-refractivity contribution in [1.82, 2.24) is 10.3 Å². The number of nitrogens with zero attached hydrogens (tertiary/aromatic N) is 1. The second-order valence-electron chi connectivity index (χ2n) is 7.43. The molecule has 1 aromatic heterocycles. The number of aliphatic hydroxyl groups excluding tert-OH is 1. The number of hydrogen-bond donors (Lipinski definition) is 3. The number of pyridine rings is 1. The monoisotopic (exact) mass is 521 g/mol. The zero-order valence-electron chi connectivity index (χ0n) is 18.7. The van der Waals surface area contributed by atoms with Crippen molar-refractivity contribution in [2.75, 3.05) is 19.5 Å². The summed E-state index contributed by atoms with van der Waals surface area (Å²) in [4.78, 5) is 28.1. The van der Waals surface area contributed by atoms with Crippen molar-refractivity contribution in [3.63, 3.8) is 0 Å². The van der Waals surface area contributed by atoms with Gasteiger partial charge in [0.15, 0.2) is 17.6 Å². The number of carbonyl (C=O) groups is 2. The zero-order chi connectivity index (χ0) is 25.7. The summed E-state index contributed by atoms with van der Waals surface area (Å²) in [7, 11) is 1.16. The molecule has 0 saturated carbocycles. The number of methoxy groups -OCH3 is 1. The van der Waals surface area contributed by atoms with Crippen LogP contribution in [-0.2, 0) is 9.53 Å². The Morgan fingerprint density at radius 3 is 2.49 bits per heavy atom. The number of rotatable bonds is 8. The fourth-order valence-corrected chi connectivity index (χ4v) is 3.93. The number of benzene rings is 2. The van der Waals surface area contributed by atoms with Crippen molar-refractivity contribution in [3.8, 4) is 16.9 Å². The summed E-state index contributed by atoms with van der Waals surface area (Å²) in [6, 6.07) is 9.46. The maximum atomic E-state index is 13.9. The number of nitrogen functional groups attached to an aromatic ring is 1. The van der Waals surface area contributed by atoms with Crippen LogP contribution in [-0.4, -0.2) is 41.7 Å².